The normalized spacial score (nSPS) is 10.8. The molecule has 0 saturated carbocycles. The lowest BCUT2D eigenvalue weighted by atomic mass is 10.1. The number of carbonyl (C=O) groups is 1. The fourth-order valence-electron chi connectivity index (χ4n) is 3.75. The smallest absolute Gasteiger partial charge is 0.222 e. The average molecular weight is 405 g/mol. The third-order valence-electron chi connectivity index (χ3n) is 5.51. The Morgan fingerprint density at radius 3 is 2.67 bits per heavy atom. The summed E-state index contributed by atoms with van der Waals surface area (Å²) in [6, 6.07) is 14.4. The molecular weight excluding hydrogens is 376 g/mol. The molecule has 2 aromatic carbocycles. The highest BCUT2D eigenvalue weighted by Gasteiger charge is 2.15. The summed E-state index contributed by atoms with van der Waals surface area (Å²) in [5, 5.41) is 15.5. The SMILES string of the molecule is COc1ccc2cc(CN(C)C(=O)CCc3c(C)nn(CCC#N)c3C)ccc2c1. The zero-order valence-corrected chi connectivity index (χ0v) is 18.1. The van der Waals surface area contributed by atoms with Crippen molar-refractivity contribution in [1.29, 1.82) is 5.26 Å². The first-order valence-electron chi connectivity index (χ1n) is 10.1. The molecule has 156 valence electrons. The Morgan fingerprint density at radius 2 is 1.93 bits per heavy atom. The first-order valence-corrected chi connectivity index (χ1v) is 10.1. The Bertz CT molecular complexity index is 1090. The van der Waals surface area contributed by atoms with Crippen molar-refractivity contribution in [2.45, 2.75) is 46.2 Å². The maximum absolute atomic E-state index is 12.7. The van der Waals surface area contributed by atoms with Crippen molar-refractivity contribution in [3.05, 3.63) is 58.9 Å². The second-order valence-electron chi connectivity index (χ2n) is 7.58. The molecule has 0 aliphatic rings. The van der Waals surface area contributed by atoms with Gasteiger partial charge < -0.3 is 9.64 Å². The van der Waals surface area contributed by atoms with E-state index in [2.05, 4.69) is 29.4 Å². The Morgan fingerprint density at radius 1 is 1.20 bits per heavy atom. The number of carbonyl (C=O) groups excluding carboxylic acids is 1. The number of hydrogen-bond donors (Lipinski definition) is 0. The molecule has 1 heterocycles. The number of aromatic nitrogens is 2. The van der Waals surface area contributed by atoms with Crippen LogP contribution in [-0.2, 0) is 24.3 Å². The maximum atomic E-state index is 12.7. The molecule has 1 aromatic heterocycles. The van der Waals surface area contributed by atoms with Gasteiger partial charge in [-0.05, 0) is 60.4 Å². The Balaban J connectivity index is 1.62. The van der Waals surface area contributed by atoms with E-state index in [1.165, 1.54) is 0 Å². The van der Waals surface area contributed by atoms with Crippen LogP contribution in [0.15, 0.2) is 36.4 Å². The average Bonchev–Trinajstić information content (AvgIpc) is 3.02. The number of aryl methyl sites for hydroxylation is 2. The zero-order valence-electron chi connectivity index (χ0n) is 18.1. The van der Waals surface area contributed by atoms with Crippen molar-refractivity contribution < 1.29 is 9.53 Å². The summed E-state index contributed by atoms with van der Waals surface area (Å²) in [7, 11) is 3.51. The molecule has 0 radical (unpaired) electrons. The van der Waals surface area contributed by atoms with Crippen LogP contribution in [0, 0.1) is 25.2 Å². The van der Waals surface area contributed by atoms with Gasteiger partial charge in [-0.2, -0.15) is 10.4 Å². The van der Waals surface area contributed by atoms with Crippen LogP contribution in [0.2, 0.25) is 0 Å². The number of amides is 1. The van der Waals surface area contributed by atoms with Crippen LogP contribution in [0.1, 0.15) is 35.4 Å². The van der Waals surface area contributed by atoms with Gasteiger partial charge in [0, 0.05) is 25.7 Å². The lowest BCUT2D eigenvalue weighted by molar-refractivity contribution is -0.130. The number of hydrogen-bond acceptors (Lipinski definition) is 4. The molecule has 6 nitrogen and oxygen atoms in total. The Hall–Kier alpha value is -3.33. The monoisotopic (exact) mass is 404 g/mol. The van der Waals surface area contributed by atoms with E-state index in [9.17, 15) is 4.79 Å². The zero-order chi connectivity index (χ0) is 21.7. The highest BCUT2D eigenvalue weighted by molar-refractivity contribution is 5.84. The van der Waals surface area contributed by atoms with Gasteiger partial charge in [0.05, 0.1) is 31.8 Å². The van der Waals surface area contributed by atoms with Gasteiger partial charge in [0.2, 0.25) is 5.91 Å². The maximum Gasteiger partial charge on any atom is 0.222 e. The van der Waals surface area contributed by atoms with Gasteiger partial charge in [-0.25, -0.2) is 0 Å². The summed E-state index contributed by atoms with van der Waals surface area (Å²) in [6.07, 6.45) is 1.53. The van der Waals surface area contributed by atoms with Gasteiger partial charge >= 0.3 is 0 Å². The van der Waals surface area contributed by atoms with E-state index in [-0.39, 0.29) is 5.91 Å². The van der Waals surface area contributed by atoms with Gasteiger partial charge in [0.1, 0.15) is 5.75 Å². The minimum Gasteiger partial charge on any atom is -0.497 e. The number of rotatable bonds is 8. The fraction of sp³-hybridized carbons (Fsp3) is 0.375. The molecule has 0 spiro atoms. The summed E-state index contributed by atoms with van der Waals surface area (Å²) in [5.74, 6) is 0.942. The minimum absolute atomic E-state index is 0.105. The van der Waals surface area contributed by atoms with Crippen molar-refractivity contribution in [2.24, 2.45) is 0 Å². The lowest BCUT2D eigenvalue weighted by Crippen LogP contribution is -2.26. The number of ether oxygens (including phenoxy) is 1. The van der Waals surface area contributed by atoms with Crippen LogP contribution in [0.25, 0.3) is 10.8 Å². The molecule has 0 fully saturated rings. The number of methoxy groups -OCH3 is 1. The minimum atomic E-state index is 0.105. The number of nitrogens with zero attached hydrogens (tertiary/aromatic N) is 4. The van der Waals surface area contributed by atoms with E-state index in [0.29, 0.717) is 32.4 Å². The summed E-state index contributed by atoms with van der Waals surface area (Å²) < 4.78 is 7.14. The highest BCUT2D eigenvalue weighted by atomic mass is 16.5. The molecule has 0 saturated heterocycles. The van der Waals surface area contributed by atoms with Crippen LogP contribution in [0.3, 0.4) is 0 Å². The van der Waals surface area contributed by atoms with Crippen LogP contribution in [0.4, 0.5) is 0 Å². The number of fused-ring (bicyclic) bond motifs is 1. The first kappa shape index (κ1) is 21.4. The predicted octanol–water partition coefficient (Wildman–Crippen LogP) is 4.17. The fourth-order valence-corrected chi connectivity index (χ4v) is 3.75. The van der Waals surface area contributed by atoms with E-state index in [0.717, 1.165) is 39.0 Å². The first-order chi connectivity index (χ1) is 14.4. The van der Waals surface area contributed by atoms with Crippen LogP contribution >= 0.6 is 0 Å². The molecular formula is C24H28N4O2. The van der Waals surface area contributed by atoms with Crippen LogP contribution in [0.5, 0.6) is 5.75 Å². The summed E-state index contributed by atoms with van der Waals surface area (Å²) in [6.45, 7) is 5.12. The number of nitriles is 1. The lowest BCUT2D eigenvalue weighted by Gasteiger charge is -2.18. The topological polar surface area (TPSA) is 71.2 Å². The second-order valence-corrected chi connectivity index (χ2v) is 7.58. The third-order valence-corrected chi connectivity index (χ3v) is 5.51. The van der Waals surface area contributed by atoms with E-state index >= 15 is 0 Å². The summed E-state index contributed by atoms with van der Waals surface area (Å²) in [5.41, 5.74) is 4.18. The Kier molecular flexibility index (Phi) is 6.73. The van der Waals surface area contributed by atoms with E-state index in [4.69, 9.17) is 10.00 Å². The van der Waals surface area contributed by atoms with Gasteiger partial charge in [0.25, 0.3) is 0 Å². The molecule has 6 heteroatoms. The molecule has 0 N–H and O–H groups in total. The molecule has 0 bridgehead atoms. The van der Waals surface area contributed by atoms with Crippen molar-refractivity contribution in [1.82, 2.24) is 14.7 Å². The molecule has 0 aliphatic heterocycles. The van der Waals surface area contributed by atoms with E-state index < -0.39 is 0 Å². The molecule has 0 unspecified atom stereocenters. The molecule has 3 rings (SSSR count). The molecule has 30 heavy (non-hydrogen) atoms. The van der Waals surface area contributed by atoms with Crippen LogP contribution in [-0.4, -0.2) is 34.7 Å². The van der Waals surface area contributed by atoms with Gasteiger partial charge in [-0.3, -0.25) is 9.48 Å². The van der Waals surface area contributed by atoms with E-state index in [1.54, 1.807) is 12.0 Å². The largest absolute Gasteiger partial charge is 0.497 e. The standard InChI is InChI=1S/C24H28N4O2/c1-17-23(18(2)28(26-17)13-5-12-25)10-11-24(29)27(3)16-19-6-7-21-15-22(30-4)9-8-20(21)14-19/h6-9,14-15H,5,10-11,13,16H2,1-4H3. The number of benzene rings is 2. The van der Waals surface area contributed by atoms with E-state index in [1.807, 2.05) is 43.8 Å². The molecule has 3 aromatic rings. The molecule has 1 amide bonds. The quantitative estimate of drug-likeness (QED) is 0.565. The van der Waals surface area contributed by atoms with Gasteiger partial charge in [0.15, 0.2) is 0 Å². The van der Waals surface area contributed by atoms with Crippen molar-refractivity contribution in [2.75, 3.05) is 14.2 Å². The van der Waals surface area contributed by atoms with Crippen molar-refractivity contribution in [3.8, 4) is 11.8 Å². The van der Waals surface area contributed by atoms with Gasteiger partial charge in [-0.1, -0.05) is 18.2 Å². The Labute approximate surface area is 177 Å². The molecule has 0 aliphatic carbocycles. The van der Waals surface area contributed by atoms with Crippen molar-refractivity contribution >= 4 is 16.7 Å². The molecule has 0 atom stereocenters. The second kappa shape index (κ2) is 9.45. The third kappa shape index (κ3) is 4.80. The van der Waals surface area contributed by atoms with Gasteiger partial charge in [-0.15, -0.1) is 0 Å². The van der Waals surface area contributed by atoms with Crippen molar-refractivity contribution in [3.63, 3.8) is 0 Å². The predicted molar refractivity (Wildman–Crippen MR) is 117 cm³/mol. The summed E-state index contributed by atoms with van der Waals surface area (Å²) in [4.78, 5) is 14.5. The van der Waals surface area contributed by atoms with Crippen LogP contribution < -0.4 is 4.74 Å². The highest BCUT2D eigenvalue weighted by Crippen LogP contribution is 2.22. The summed E-state index contributed by atoms with van der Waals surface area (Å²) >= 11 is 0.